The van der Waals surface area contributed by atoms with Crippen molar-refractivity contribution in [1.82, 2.24) is 19.4 Å². The molecule has 30 heavy (non-hydrogen) atoms. The van der Waals surface area contributed by atoms with Gasteiger partial charge >= 0.3 is 12.2 Å². The van der Waals surface area contributed by atoms with Crippen molar-refractivity contribution in [2.75, 3.05) is 7.11 Å². The molecule has 2 N–H and O–H groups in total. The smallest absolute Gasteiger partial charge is 0.420 e. The Morgan fingerprint density at radius 1 is 1.23 bits per heavy atom. The number of carbonyl (C=O) groups excluding carboxylic acids is 2. The number of rotatable bonds is 6. The monoisotopic (exact) mass is 440 g/mol. The molecule has 10 nitrogen and oxygen atoms in total. The second-order valence-corrected chi connectivity index (χ2v) is 9.44. The summed E-state index contributed by atoms with van der Waals surface area (Å²) in [6.07, 6.45) is 0.558. The van der Waals surface area contributed by atoms with Crippen LogP contribution in [0.1, 0.15) is 52.9 Å². The molecule has 2 aromatic rings. The van der Waals surface area contributed by atoms with Crippen molar-refractivity contribution in [3.8, 4) is 0 Å². The Bertz CT molecular complexity index is 1030. The van der Waals surface area contributed by atoms with Gasteiger partial charge in [0, 0.05) is 6.20 Å². The SMILES string of the molecule is CC[C@H](C)[C@H](NC(=O)OC(C)(C)C)c1nc(S(=O)(=O)NC(=O)OC)c2ccccn12. The summed E-state index contributed by atoms with van der Waals surface area (Å²) in [5, 5.41) is 2.45. The first-order valence-electron chi connectivity index (χ1n) is 9.47. The molecule has 2 atom stereocenters. The van der Waals surface area contributed by atoms with Crippen LogP contribution in [0.5, 0.6) is 0 Å². The minimum Gasteiger partial charge on any atom is -0.452 e. The summed E-state index contributed by atoms with van der Waals surface area (Å²) in [5.41, 5.74) is -0.444. The molecule has 0 aromatic carbocycles. The van der Waals surface area contributed by atoms with Crippen LogP contribution in [0.4, 0.5) is 9.59 Å². The van der Waals surface area contributed by atoms with Gasteiger partial charge in [0.05, 0.1) is 18.7 Å². The van der Waals surface area contributed by atoms with Crippen molar-refractivity contribution in [2.45, 2.75) is 57.7 Å². The van der Waals surface area contributed by atoms with Crippen molar-refractivity contribution in [1.29, 1.82) is 0 Å². The number of aromatic nitrogens is 2. The van der Waals surface area contributed by atoms with Crippen LogP contribution in [0.2, 0.25) is 0 Å². The molecule has 166 valence electrons. The lowest BCUT2D eigenvalue weighted by atomic mass is 9.98. The van der Waals surface area contributed by atoms with Gasteiger partial charge in [-0.05, 0) is 38.8 Å². The number of pyridine rings is 1. The van der Waals surface area contributed by atoms with E-state index in [1.165, 1.54) is 0 Å². The minimum absolute atomic E-state index is 0.0903. The standard InChI is InChI=1S/C19H28N4O6S/c1-7-12(2)14(20-17(24)29-19(3,4)5)15-21-16(13-10-8-9-11-23(13)15)30(26,27)22-18(25)28-6/h8-12,14H,7H2,1-6H3,(H,20,24)(H,22,25)/t12-,14-/m0/s1. The number of amides is 2. The van der Waals surface area contributed by atoms with Gasteiger partial charge in [0.2, 0.25) is 5.03 Å². The molecule has 0 aliphatic heterocycles. The van der Waals surface area contributed by atoms with Crippen LogP contribution in [0.15, 0.2) is 29.4 Å². The molecule has 0 saturated carbocycles. The molecule has 0 aliphatic rings. The summed E-state index contributed by atoms with van der Waals surface area (Å²) in [5.74, 6) is 0.212. The number of imidazole rings is 1. The van der Waals surface area contributed by atoms with Gasteiger partial charge in [0.25, 0.3) is 10.0 Å². The Hall–Kier alpha value is -2.82. The number of alkyl carbamates (subject to hydrolysis) is 1. The zero-order chi connectivity index (χ0) is 22.7. The van der Waals surface area contributed by atoms with Crippen LogP contribution in [-0.4, -0.2) is 42.7 Å². The molecule has 2 rings (SSSR count). The lowest BCUT2D eigenvalue weighted by Crippen LogP contribution is -2.38. The van der Waals surface area contributed by atoms with Gasteiger partial charge in [-0.3, -0.25) is 0 Å². The molecule has 0 radical (unpaired) electrons. The maximum atomic E-state index is 12.7. The third kappa shape index (κ3) is 5.41. The third-order valence-electron chi connectivity index (χ3n) is 4.36. The van der Waals surface area contributed by atoms with E-state index < -0.39 is 33.9 Å². The molecule has 0 aliphatic carbocycles. The molecule has 0 saturated heterocycles. The number of hydrogen-bond acceptors (Lipinski definition) is 7. The minimum atomic E-state index is -4.30. The molecule has 11 heteroatoms. The van der Waals surface area contributed by atoms with Crippen molar-refractivity contribution in [2.24, 2.45) is 5.92 Å². The summed E-state index contributed by atoms with van der Waals surface area (Å²) in [4.78, 5) is 28.2. The average molecular weight is 441 g/mol. The fourth-order valence-electron chi connectivity index (χ4n) is 2.78. The van der Waals surface area contributed by atoms with Gasteiger partial charge in [0.1, 0.15) is 11.4 Å². The number of nitrogens with one attached hydrogen (secondary N) is 2. The van der Waals surface area contributed by atoms with Gasteiger partial charge in [0.15, 0.2) is 0 Å². The number of sulfonamides is 1. The maximum absolute atomic E-state index is 12.7. The van der Waals surface area contributed by atoms with Gasteiger partial charge in [-0.15, -0.1) is 0 Å². The Morgan fingerprint density at radius 2 is 1.90 bits per heavy atom. The largest absolute Gasteiger partial charge is 0.452 e. The van der Waals surface area contributed by atoms with E-state index in [2.05, 4.69) is 15.0 Å². The highest BCUT2D eigenvalue weighted by Crippen LogP contribution is 2.28. The first kappa shape index (κ1) is 23.5. The molecular weight excluding hydrogens is 412 g/mol. The number of fused-ring (bicyclic) bond motifs is 1. The van der Waals surface area contributed by atoms with Crippen LogP contribution in [0, 0.1) is 5.92 Å². The number of hydrogen-bond donors (Lipinski definition) is 2. The Labute approximate surface area is 176 Å². The van der Waals surface area contributed by atoms with E-state index in [-0.39, 0.29) is 16.5 Å². The molecule has 2 heterocycles. The van der Waals surface area contributed by atoms with E-state index in [1.54, 1.807) is 54.3 Å². The van der Waals surface area contributed by atoms with Crippen LogP contribution in [0.25, 0.3) is 5.52 Å². The highest BCUT2D eigenvalue weighted by molar-refractivity contribution is 7.90. The molecule has 0 spiro atoms. The van der Waals surface area contributed by atoms with E-state index >= 15 is 0 Å². The quantitative estimate of drug-likeness (QED) is 0.706. The molecule has 0 unspecified atom stereocenters. The zero-order valence-corrected chi connectivity index (χ0v) is 18.7. The van der Waals surface area contributed by atoms with E-state index in [4.69, 9.17) is 4.74 Å². The number of ether oxygens (including phenoxy) is 2. The van der Waals surface area contributed by atoms with Crippen molar-refractivity contribution < 1.29 is 27.5 Å². The third-order valence-corrected chi connectivity index (χ3v) is 5.61. The molecule has 0 bridgehead atoms. The Balaban J connectivity index is 2.57. The highest BCUT2D eigenvalue weighted by atomic mass is 32.2. The average Bonchev–Trinajstić information content (AvgIpc) is 3.04. The van der Waals surface area contributed by atoms with Crippen molar-refractivity contribution in [3.05, 3.63) is 30.2 Å². The van der Waals surface area contributed by atoms with Gasteiger partial charge < -0.3 is 19.2 Å². The predicted octanol–water partition coefficient (Wildman–Crippen LogP) is 2.99. The summed E-state index contributed by atoms with van der Waals surface area (Å²) in [6.45, 7) is 9.10. The molecule has 2 amide bonds. The van der Waals surface area contributed by atoms with E-state index in [9.17, 15) is 18.0 Å². The van der Waals surface area contributed by atoms with Crippen LogP contribution in [0.3, 0.4) is 0 Å². The highest BCUT2D eigenvalue weighted by Gasteiger charge is 2.32. The lowest BCUT2D eigenvalue weighted by molar-refractivity contribution is 0.0482. The molecular formula is C19H28N4O6S. The number of methoxy groups -OCH3 is 1. The first-order chi connectivity index (χ1) is 13.9. The zero-order valence-electron chi connectivity index (χ0n) is 17.9. The maximum Gasteiger partial charge on any atom is 0.420 e. The first-order valence-corrected chi connectivity index (χ1v) is 10.9. The fraction of sp³-hybridized carbons (Fsp3) is 0.526. The number of carbonyl (C=O) groups is 2. The van der Waals surface area contributed by atoms with Gasteiger partial charge in [-0.1, -0.05) is 26.3 Å². The lowest BCUT2D eigenvalue weighted by Gasteiger charge is -2.26. The van der Waals surface area contributed by atoms with E-state index in [0.29, 0.717) is 12.2 Å². The second-order valence-electron chi connectivity index (χ2n) is 7.84. The Kier molecular flexibility index (Phi) is 6.96. The van der Waals surface area contributed by atoms with Gasteiger partial charge in [-0.2, -0.15) is 8.42 Å². The predicted molar refractivity (Wildman–Crippen MR) is 109 cm³/mol. The van der Waals surface area contributed by atoms with E-state index in [0.717, 1.165) is 7.11 Å². The summed E-state index contributed by atoms with van der Waals surface area (Å²) >= 11 is 0. The van der Waals surface area contributed by atoms with Crippen LogP contribution < -0.4 is 10.0 Å². The molecule has 2 aromatic heterocycles. The van der Waals surface area contributed by atoms with Crippen LogP contribution >= 0.6 is 0 Å². The number of nitrogens with zero attached hydrogens (tertiary/aromatic N) is 2. The molecule has 0 fully saturated rings. The summed E-state index contributed by atoms with van der Waals surface area (Å²) in [6, 6.07) is 4.28. The topological polar surface area (TPSA) is 128 Å². The normalized spacial score (nSPS) is 14.1. The van der Waals surface area contributed by atoms with Crippen molar-refractivity contribution in [3.63, 3.8) is 0 Å². The van der Waals surface area contributed by atoms with E-state index in [1.807, 2.05) is 13.8 Å². The van der Waals surface area contributed by atoms with Crippen molar-refractivity contribution >= 4 is 27.7 Å². The summed E-state index contributed by atoms with van der Waals surface area (Å²) in [7, 11) is -3.24. The van der Waals surface area contributed by atoms with Crippen LogP contribution in [-0.2, 0) is 19.5 Å². The summed E-state index contributed by atoms with van der Waals surface area (Å²) < 4.78 is 38.5. The van der Waals surface area contributed by atoms with Gasteiger partial charge in [-0.25, -0.2) is 19.3 Å². The fourth-order valence-corrected chi connectivity index (χ4v) is 3.84. The Morgan fingerprint density at radius 3 is 2.47 bits per heavy atom. The second kappa shape index (κ2) is 8.90.